The summed E-state index contributed by atoms with van der Waals surface area (Å²) in [5.41, 5.74) is 2.74. The van der Waals surface area contributed by atoms with E-state index in [1.807, 2.05) is 54.6 Å². The van der Waals surface area contributed by atoms with Crippen molar-refractivity contribution in [1.82, 2.24) is 4.98 Å². The van der Waals surface area contributed by atoms with Crippen molar-refractivity contribution in [3.05, 3.63) is 60.3 Å². The molecule has 19 heavy (non-hydrogen) atoms. The number of nitrogens with one attached hydrogen (secondary N) is 1. The van der Waals surface area contributed by atoms with Crippen molar-refractivity contribution in [1.29, 1.82) is 0 Å². The summed E-state index contributed by atoms with van der Waals surface area (Å²) >= 11 is 0. The number of carboxylic acid groups (broad SMARTS) is 1. The zero-order valence-electron chi connectivity index (χ0n) is 9.96. The van der Waals surface area contributed by atoms with Crippen LogP contribution in [0.1, 0.15) is 10.5 Å². The van der Waals surface area contributed by atoms with Gasteiger partial charge in [-0.05, 0) is 11.6 Å². The highest BCUT2D eigenvalue weighted by Gasteiger charge is 2.17. The number of rotatable bonds is 2. The molecular formula is C15H12ClNO2. The molecule has 0 fully saturated rings. The average molecular weight is 274 g/mol. The monoisotopic (exact) mass is 273 g/mol. The topological polar surface area (TPSA) is 53.1 Å². The van der Waals surface area contributed by atoms with E-state index in [4.69, 9.17) is 0 Å². The number of aromatic nitrogens is 1. The molecule has 0 saturated heterocycles. The number of hydrogen-bond donors (Lipinski definition) is 2. The second kappa shape index (κ2) is 5.16. The fourth-order valence-corrected chi connectivity index (χ4v) is 2.21. The maximum absolute atomic E-state index is 11.3. The average Bonchev–Trinajstić information content (AvgIpc) is 2.79. The van der Waals surface area contributed by atoms with E-state index in [9.17, 15) is 9.90 Å². The second-order valence-corrected chi connectivity index (χ2v) is 4.09. The van der Waals surface area contributed by atoms with Gasteiger partial charge in [0.15, 0.2) is 0 Å². The van der Waals surface area contributed by atoms with Crippen LogP contribution in [-0.2, 0) is 0 Å². The van der Waals surface area contributed by atoms with Crippen molar-refractivity contribution in [2.75, 3.05) is 0 Å². The van der Waals surface area contributed by atoms with Crippen LogP contribution in [0.15, 0.2) is 54.6 Å². The quantitative estimate of drug-likeness (QED) is 0.743. The van der Waals surface area contributed by atoms with Crippen molar-refractivity contribution in [3.63, 3.8) is 0 Å². The molecule has 0 amide bonds. The van der Waals surface area contributed by atoms with Crippen molar-refractivity contribution in [2.45, 2.75) is 0 Å². The van der Waals surface area contributed by atoms with Crippen LogP contribution in [0, 0.1) is 0 Å². The lowest BCUT2D eigenvalue weighted by atomic mass is 10.0. The lowest BCUT2D eigenvalue weighted by molar-refractivity contribution is 0.0692. The lowest BCUT2D eigenvalue weighted by Gasteiger charge is -2.01. The first kappa shape index (κ1) is 13.2. The first-order chi connectivity index (χ1) is 8.77. The molecule has 0 saturated carbocycles. The van der Waals surface area contributed by atoms with Gasteiger partial charge in [0, 0.05) is 16.5 Å². The van der Waals surface area contributed by atoms with Crippen molar-refractivity contribution < 1.29 is 9.90 Å². The van der Waals surface area contributed by atoms with E-state index in [-0.39, 0.29) is 18.1 Å². The molecule has 2 N–H and O–H groups in total. The van der Waals surface area contributed by atoms with Gasteiger partial charge in [0.25, 0.3) is 0 Å². The molecule has 0 unspecified atom stereocenters. The number of fused-ring (bicyclic) bond motifs is 1. The maximum Gasteiger partial charge on any atom is 0.352 e. The van der Waals surface area contributed by atoms with Crippen LogP contribution in [-0.4, -0.2) is 16.1 Å². The van der Waals surface area contributed by atoms with Gasteiger partial charge in [-0.25, -0.2) is 4.79 Å². The molecule has 4 heteroatoms. The Morgan fingerprint density at radius 1 is 0.947 bits per heavy atom. The number of benzene rings is 2. The molecule has 3 aromatic rings. The van der Waals surface area contributed by atoms with E-state index in [1.165, 1.54) is 0 Å². The van der Waals surface area contributed by atoms with Crippen molar-refractivity contribution in [3.8, 4) is 11.1 Å². The Morgan fingerprint density at radius 2 is 1.58 bits per heavy atom. The largest absolute Gasteiger partial charge is 0.477 e. The number of halogens is 1. The number of aromatic carboxylic acids is 1. The van der Waals surface area contributed by atoms with Crippen LogP contribution in [0.4, 0.5) is 0 Å². The van der Waals surface area contributed by atoms with Crippen molar-refractivity contribution >= 4 is 29.3 Å². The Morgan fingerprint density at radius 3 is 2.26 bits per heavy atom. The summed E-state index contributed by atoms with van der Waals surface area (Å²) in [7, 11) is 0. The molecule has 0 atom stereocenters. The third-order valence-corrected chi connectivity index (χ3v) is 2.98. The van der Waals surface area contributed by atoms with E-state index >= 15 is 0 Å². The van der Waals surface area contributed by atoms with Crippen molar-refractivity contribution in [2.24, 2.45) is 0 Å². The highest BCUT2D eigenvalue weighted by molar-refractivity contribution is 6.07. The molecule has 0 aliphatic carbocycles. The van der Waals surface area contributed by atoms with E-state index in [0.29, 0.717) is 0 Å². The number of carbonyl (C=O) groups is 1. The third-order valence-electron chi connectivity index (χ3n) is 2.98. The van der Waals surface area contributed by atoms with E-state index < -0.39 is 5.97 Å². The molecule has 1 heterocycles. The lowest BCUT2D eigenvalue weighted by Crippen LogP contribution is -1.98. The predicted octanol–water partition coefficient (Wildman–Crippen LogP) is 3.95. The molecule has 0 bridgehead atoms. The minimum absolute atomic E-state index is 0. The Labute approximate surface area is 116 Å². The standard InChI is InChI=1S/C15H11NO2.ClH/c17-15(18)14-13(10-6-2-1-3-7-10)11-8-4-5-9-12(11)16-14;/h1-9,16H,(H,17,18);1H. The molecule has 2 aromatic carbocycles. The number of para-hydroxylation sites is 1. The molecular weight excluding hydrogens is 262 g/mol. The highest BCUT2D eigenvalue weighted by Crippen LogP contribution is 2.32. The van der Waals surface area contributed by atoms with Gasteiger partial charge in [0.1, 0.15) is 5.69 Å². The number of H-pyrrole nitrogens is 1. The van der Waals surface area contributed by atoms with Gasteiger partial charge < -0.3 is 10.1 Å². The number of aromatic amines is 1. The van der Waals surface area contributed by atoms with Crippen LogP contribution < -0.4 is 0 Å². The van der Waals surface area contributed by atoms with Crippen LogP contribution in [0.25, 0.3) is 22.0 Å². The fraction of sp³-hybridized carbons (Fsp3) is 0. The summed E-state index contributed by atoms with van der Waals surface area (Å²) < 4.78 is 0. The summed E-state index contributed by atoms with van der Waals surface area (Å²) in [4.78, 5) is 14.3. The van der Waals surface area contributed by atoms with Gasteiger partial charge >= 0.3 is 5.97 Å². The van der Waals surface area contributed by atoms with Gasteiger partial charge in [0.05, 0.1) is 0 Å². The third kappa shape index (κ3) is 2.20. The molecule has 0 spiro atoms. The molecule has 0 aliphatic rings. The summed E-state index contributed by atoms with van der Waals surface area (Å²) in [5.74, 6) is -0.940. The van der Waals surface area contributed by atoms with Gasteiger partial charge in [-0.1, -0.05) is 48.5 Å². The summed E-state index contributed by atoms with van der Waals surface area (Å²) in [5, 5.41) is 10.2. The summed E-state index contributed by atoms with van der Waals surface area (Å²) in [6.07, 6.45) is 0. The van der Waals surface area contributed by atoms with Crippen LogP contribution >= 0.6 is 12.4 Å². The normalized spacial score (nSPS) is 10.1. The minimum Gasteiger partial charge on any atom is -0.477 e. The predicted molar refractivity (Wildman–Crippen MR) is 77.9 cm³/mol. The van der Waals surface area contributed by atoms with E-state index in [2.05, 4.69) is 4.98 Å². The Bertz CT molecular complexity index is 719. The van der Waals surface area contributed by atoms with Gasteiger partial charge in [-0.15, -0.1) is 12.4 Å². The SMILES string of the molecule is Cl.O=C(O)c1[nH]c2ccccc2c1-c1ccccc1. The first-order valence-electron chi connectivity index (χ1n) is 5.67. The summed E-state index contributed by atoms with van der Waals surface area (Å²) in [6, 6.07) is 17.2. The zero-order chi connectivity index (χ0) is 12.5. The van der Waals surface area contributed by atoms with E-state index in [1.54, 1.807) is 0 Å². The van der Waals surface area contributed by atoms with Crippen LogP contribution in [0.3, 0.4) is 0 Å². The van der Waals surface area contributed by atoms with Gasteiger partial charge in [-0.2, -0.15) is 0 Å². The molecule has 0 radical (unpaired) electrons. The van der Waals surface area contributed by atoms with Crippen LogP contribution in [0.2, 0.25) is 0 Å². The molecule has 96 valence electrons. The Hall–Kier alpha value is -2.26. The molecule has 0 aliphatic heterocycles. The number of carboxylic acids is 1. The van der Waals surface area contributed by atoms with Crippen LogP contribution in [0.5, 0.6) is 0 Å². The zero-order valence-corrected chi connectivity index (χ0v) is 10.8. The number of hydrogen-bond acceptors (Lipinski definition) is 1. The van der Waals surface area contributed by atoms with E-state index in [0.717, 1.165) is 22.0 Å². The first-order valence-corrected chi connectivity index (χ1v) is 5.67. The van der Waals surface area contributed by atoms with Gasteiger partial charge in [-0.3, -0.25) is 0 Å². The molecule has 3 nitrogen and oxygen atoms in total. The maximum atomic E-state index is 11.3. The summed E-state index contributed by atoms with van der Waals surface area (Å²) in [6.45, 7) is 0. The molecule has 1 aromatic heterocycles. The Balaban J connectivity index is 0.00000133. The Kier molecular flexibility index (Phi) is 3.58. The fourth-order valence-electron chi connectivity index (χ4n) is 2.21. The van der Waals surface area contributed by atoms with Gasteiger partial charge in [0.2, 0.25) is 0 Å². The highest BCUT2D eigenvalue weighted by atomic mass is 35.5. The minimum atomic E-state index is -0.940. The molecule has 3 rings (SSSR count). The smallest absolute Gasteiger partial charge is 0.352 e. The second-order valence-electron chi connectivity index (χ2n) is 4.09.